The monoisotopic (exact) mass is 183 g/mol. The van der Waals surface area contributed by atoms with E-state index < -0.39 is 5.97 Å². The molecule has 74 valence electrons. The molecule has 2 rings (SSSR count). The van der Waals surface area contributed by atoms with Gasteiger partial charge in [-0.15, -0.1) is 0 Å². The lowest BCUT2D eigenvalue weighted by molar-refractivity contribution is -0.139. The van der Waals surface area contributed by atoms with Gasteiger partial charge in [0.1, 0.15) is 6.04 Å². The molecule has 2 fully saturated rings. The Kier molecular flexibility index (Phi) is 2.06. The summed E-state index contributed by atoms with van der Waals surface area (Å²) in [5, 5.41) is 11.9. The quantitative estimate of drug-likeness (QED) is 0.692. The third kappa shape index (κ3) is 1.46. The zero-order valence-corrected chi connectivity index (χ0v) is 8.05. The standard InChI is InChI=1S/C10H17NO2/c1-2-3-7-4-10(7)5-8(9(12)13)11-6-10/h7-8,11H,2-6H2,1H3,(H,12,13)/t7?,8-,10+/m0/s1. The van der Waals surface area contributed by atoms with Crippen LogP contribution in [0.25, 0.3) is 0 Å². The minimum Gasteiger partial charge on any atom is -0.480 e. The SMILES string of the molecule is CCCC1C[C@@]12CN[C@H](C(=O)O)C2. The highest BCUT2D eigenvalue weighted by atomic mass is 16.4. The van der Waals surface area contributed by atoms with Gasteiger partial charge in [-0.25, -0.2) is 0 Å². The number of carboxylic acid groups (broad SMARTS) is 1. The van der Waals surface area contributed by atoms with Crippen LogP contribution in [0.3, 0.4) is 0 Å². The summed E-state index contributed by atoms with van der Waals surface area (Å²) < 4.78 is 0. The number of hydrogen-bond acceptors (Lipinski definition) is 2. The van der Waals surface area contributed by atoms with E-state index in [1.807, 2.05) is 0 Å². The van der Waals surface area contributed by atoms with Crippen LogP contribution in [0.2, 0.25) is 0 Å². The van der Waals surface area contributed by atoms with Gasteiger partial charge >= 0.3 is 5.97 Å². The van der Waals surface area contributed by atoms with Crippen LogP contribution in [0, 0.1) is 11.3 Å². The molecule has 3 heteroatoms. The molecule has 2 aliphatic rings. The van der Waals surface area contributed by atoms with Gasteiger partial charge in [0.15, 0.2) is 0 Å². The molecule has 1 saturated carbocycles. The summed E-state index contributed by atoms with van der Waals surface area (Å²) in [5.41, 5.74) is 0.374. The molecule has 1 saturated heterocycles. The third-order valence-electron chi connectivity index (χ3n) is 3.61. The third-order valence-corrected chi connectivity index (χ3v) is 3.61. The van der Waals surface area contributed by atoms with E-state index in [-0.39, 0.29) is 6.04 Å². The Balaban J connectivity index is 1.89. The molecule has 0 amide bonds. The van der Waals surface area contributed by atoms with Crippen LogP contribution in [-0.2, 0) is 4.79 Å². The minimum absolute atomic E-state index is 0.276. The Bertz CT molecular complexity index is 229. The summed E-state index contributed by atoms with van der Waals surface area (Å²) in [7, 11) is 0. The predicted octanol–water partition coefficient (Wildman–Crippen LogP) is 1.24. The number of carbonyl (C=O) groups is 1. The van der Waals surface area contributed by atoms with E-state index in [2.05, 4.69) is 12.2 Å². The van der Waals surface area contributed by atoms with Gasteiger partial charge in [-0.2, -0.15) is 0 Å². The first-order chi connectivity index (χ1) is 6.18. The molecule has 0 aromatic rings. The van der Waals surface area contributed by atoms with Gasteiger partial charge < -0.3 is 10.4 Å². The van der Waals surface area contributed by atoms with Crippen molar-refractivity contribution < 1.29 is 9.90 Å². The van der Waals surface area contributed by atoms with Crippen LogP contribution >= 0.6 is 0 Å². The summed E-state index contributed by atoms with van der Waals surface area (Å²) in [6.45, 7) is 3.12. The zero-order valence-electron chi connectivity index (χ0n) is 8.05. The summed E-state index contributed by atoms with van der Waals surface area (Å²) in [6, 6.07) is -0.276. The van der Waals surface area contributed by atoms with E-state index in [0.717, 1.165) is 18.9 Å². The lowest BCUT2D eigenvalue weighted by Gasteiger charge is -2.05. The van der Waals surface area contributed by atoms with E-state index in [1.54, 1.807) is 0 Å². The molecule has 1 heterocycles. The van der Waals surface area contributed by atoms with Crippen molar-refractivity contribution in [1.29, 1.82) is 0 Å². The topological polar surface area (TPSA) is 49.3 Å². The highest BCUT2D eigenvalue weighted by Gasteiger charge is 2.57. The van der Waals surface area contributed by atoms with Gasteiger partial charge in [0.25, 0.3) is 0 Å². The first kappa shape index (κ1) is 9.00. The van der Waals surface area contributed by atoms with Gasteiger partial charge in [-0.1, -0.05) is 19.8 Å². The second-order valence-electron chi connectivity index (χ2n) is 4.53. The molecular formula is C10H17NO2. The van der Waals surface area contributed by atoms with Crippen LogP contribution in [0.5, 0.6) is 0 Å². The maximum absolute atomic E-state index is 10.7. The molecule has 1 aliphatic heterocycles. The van der Waals surface area contributed by atoms with Crippen LogP contribution in [0.1, 0.15) is 32.6 Å². The fraction of sp³-hybridized carbons (Fsp3) is 0.900. The van der Waals surface area contributed by atoms with E-state index in [0.29, 0.717) is 5.41 Å². The first-order valence-corrected chi connectivity index (χ1v) is 5.14. The first-order valence-electron chi connectivity index (χ1n) is 5.14. The highest BCUT2D eigenvalue weighted by molar-refractivity contribution is 5.74. The molecule has 3 atom stereocenters. The molecule has 3 nitrogen and oxygen atoms in total. The van der Waals surface area contributed by atoms with Crippen molar-refractivity contribution in [2.24, 2.45) is 11.3 Å². The fourth-order valence-corrected chi connectivity index (χ4v) is 2.71. The average Bonchev–Trinajstić information content (AvgIpc) is 2.58. The molecule has 13 heavy (non-hydrogen) atoms. The number of rotatable bonds is 3. The Hall–Kier alpha value is -0.570. The number of hydrogen-bond donors (Lipinski definition) is 2. The van der Waals surface area contributed by atoms with Crippen molar-refractivity contribution in [3.63, 3.8) is 0 Å². The average molecular weight is 183 g/mol. The van der Waals surface area contributed by atoms with Gasteiger partial charge in [0, 0.05) is 6.54 Å². The second kappa shape index (κ2) is 2.98. The van der Waals surface area contributed by atoms with Crippen LogP contribution in [0.4, 0.5) is 0 Å². The molecular weight excluding hydrogens is 166 g/mol. The lowest BCUT2D eigenvalue weighted by Crippen LogP contribution is -2.29. The molecule has 0 aromatic heterocycles. The van der Waals surface area contributed by atoms with Gasteiger partial charge in [-0.3, -0.25) is 4.79 Å². The molecule has 0 aromatic carbocycles. The maximum atomic E-state index is 10.7. The Morgan fingerprint density at radius 1 is 1.62 bits per heavy atom. The van der Waals surface area contributed by atoms with Crippen molar-refractivity contribution in [1.82, 2.24) is 5.32 Å². The Morgan fingerprint density at radius 3 is 2.92 bits per heavy atom. The summed E-state index contributed by atoms with van der Waals surface area (Å²) in [6.07, 6.45) is 4.60. The van der Waals surface area contributed by atoms with E-state index in [4.69, 9.17) is 5.11 Å². The molecule has 1 unspecified atom stereocenters. The van der Waals surface area contributed by atoms with Crippen molar-refractivity contribution in [3.05, 3.63) is 0 Å². The van der Waals surface area contributed by atoms with Crippen molar-refractivity contribution in [2.45, 2.75) is 38.6 Å². The highest BCUT2D eigenvalue weighted by Crippen LogP contribution is 2.59. The van der Waals surface area contributed by atoms with Crippen LogP contribution in [0.15, 0.2) is 0 Å². The summed E-state index contributed by atoms with van der Waals surface area (Å²) in [4.78, 5) is 10.7. The number of carboxylic acids is 1. The fourth-order valence-electron chi connectivity index (χ4n) is 2.71. The molecule has 0 radical (unpaired) electrons. The van der Waals surface area contributed by atoms with Gasteiger partial charge in [0.2, 0.25) is 0 Å². The largest absolute Gasteiger partial charge is 0.480 e. The second-order valence-corrected chi connectivity index (χ2v) is 4.53. The molecule has 2 N–H and O–H groups in total. The van der Waals surface area contributed by atoms with Crippen molar-refractivity contribution in [2.75, 3.05) is 6.54 Å². The van der Waals surface area contributed by atoms with Gasteiger partial charge in [-0.05, 0) is 24.2 Å². The normalized spacial score (nSPS) is 42.5. The Labute approximate surface area is 78.5 Å². The smallest absolute Gasteiger partial charge is 0.320 e. The van der Waals surface area contributed by atoms with Crippen LogP contribution in [-0.4, -0.2) is 23.7 Å². The zero-order chi connectivity index (χ0) is 9.47. The molecule has 1 aliphatic carbocycles. The summed E-state index contributed by atoms with van der Waals surface area (Å²) >= 11 is 0. The minimum atomic E-state index is -0.681. The van der Waals surface area contributed by atoms with E-state index in [9.17, 15) is 4.79 Å². The van der Waals surface area contributed by atoms with Crippen molar-refractivity contribution >= 4 is 5.97 Å². The Morgan fingerprint density at radius 2 is 2.38 bits per heavy atom. The summed E-state index contributed by atoms with van der Waals surface area (Å²) in [5.74, 6) is 0.119. The number of nitrogens with one attached hydrogen (secondary N) is 1. The van der Waals surface area contributed by atoms with Crippen LogP contribution < -0.4 is 5.32 Å². The molecule has 1 spiro atoms. The predicted molar refractivity (Wildman–Crippen MR) is 49.5 cm³/mol. The maximum Gasteiger partial charge on any atom is 0.320 e. The van der Waals surface area contributed by atoms with Gasteiger partial charge in [0.05, 0.1) is 0 Å². The molecule has 0 bridgehead atoms. The van der Waals surface area contributed by atoms with E-state index >= 15 is 0 Å². The van der Waals surface area contributed by atoms with E-state index in [1.165, 1.54) is 19.3 Å². The lowest BCUT2D eigenvalue weighted by atomic mass is 9.98. The number of aliphatic carboxylic acids is 1. The van der Waals surface area contributed by atoms with Crippen molar-refractivity contribution in [3.8, 4) is 0 Å².